The van der Waals surface area contributed by atoms with Crippen LogP contribution in [0.4, 0.5) is 23.0 Å². The van der Waals surface area contributed by atoms with Gasteiger partial charge in [-0.25, -0.2) is 15.8 Å². The van der Waals surface area contributed by atoms with E-state index in [1.807, 2.05) is 6.92 Å². The number of aromatic nitrogens is 2. The van der Waals surface area contributed by atoms with E-state index < -0.39 is 4.92 Å². The Balaban J connectivity index is 2.49. The number of aryl methyl sites for hydroxylation is 1. The van der Waals surface area contributed by atoms with Gasteiger partial charge in [-0.05, 0) is 40.5 Å². The van der Waals surface area contributed by atoms with Gasteiger partial charge < -0.3 is 10.7 Å². The summed E-state index contributed by atoms with van der Waals surface area (Å²) in [5, 5.41) is 14.5. The molecule has 2 aromatic rings. The van der Waals surface area contributed by atoms with Crippen molar-refractivity contribution in [2.45, 2.75) is 6.92 Å². The van der Waals surface area contributed by atoms with Gasteiger partial charge in [-0.15, -0.1) is 0 Å². The second-order valence-electron chi connectivity index (χ2n) is 4.03. The molecule has 110 valence electrons. The van der Waals surface area contributed by atoms with Crippen molar-refractivity contribution in [1.82, 2.24) is 9.97 Å². The topological polar surface area (TPSA) is 119 Å². The minimum atomic E-state index is -0.624. The maximum Gasteiger partial charge on any atom is 0.354 e. The number of hydrazine groups is 1. The molecule has 0 bridgehead atoms. The maximum absolute atomic E-state index is 11.1. The molecule has 0 saturated heterocycles. The molecular formula is C11H10BrClN6O2. The van der Waals surface area contributed by atoms with E-state index >= 15 is 0 Å². The van der Waals surface area contributed by atoms with Crippen molar-refractivity contribution in [2.75, 3.05) is 10.7 Å². The standard InChI is InChI=1S/C11H10BrClN6O2/c1-5-2-6(12)8(3-7(5)13)17-10-9(19(20)21)11(18-14)16-4-15-10/h2-4H,14H2,1H3,(H2,15,16,17,18). The van der Waals surface area contributed by atoms with Crippen LogP contribution in [-0.4, -0.2) is 14.9 Å². The summed E-state index contributed by atoms with van der Waals surface area (Å²) in [5.41, 5.74) is 3.22. The van der Waals surface area contributed by atoms with E-state index in [4.69, 9.17) is 17.4 Å². The van der Waals surface area contributed by atoms with Crippen LogP contribution in [0.5, 0.6) is 0 Å². The molecule has 21 heavy (non-hydrogen) atoms. The lowest BCUT2D eigenvalue weighted by Gasteiger charge is -2.11. The first kappa shape index (κ1) is 15.4. The first-order valence-electron chi connectivity index (χ1n) is 5.62. The van der Waals surface area contributed by atoms with Crippen LogP contribution in [0.3, 0.4) is 0 Å². The van der Waals surface area contributed by atoms with E-state index in [0.29, 0.717) is 15.2 Å². The Morgan fingerprint density at radius 3 is 2.67 bits per heavy atom. The number of nitrogens with zero attached hydrogens (tertiary/aromatic N) is 3. The zero-order valence-electron chi connectivity index (χ0n) is 10.7. The number of anilines is 3. The second kappa shape index (κ2) is 6.20. The average molecular weight is 374 g/mol. The smallest absolute Gasteiger partial charge is 0.333 e. The second-order valence-corrected chi connectivity index (χ2v) is 5.29. The van der Waals surface area contributed by atoms with E-state index in [1.165, 1.54) is 0 Å². The Bertz CT molecular complexity index is 711. The van der Waals surface area contributed by atoms with E-state index in [9.17, 15) is 10.1 Å². The van der Waals surface area contributed by atoms with Crippen molar-refractivity contribution in [3.63, 3.8) is 0 Å². The molecule has 0 atom stereocenters. The van der Waals surface area contributed by atoms with Gasteiger partial charge in [0.1, 0.15) is 6.33 Å². The Labute approximate surface area is 133 Å². The fourth-order valence-electron chi connectivity index (χ4n) is 1.62. The van der Waals surface area contributed by atoms with E-state index in [2.05, 4.69) is 36.6 Å². The van der Waals surface area contributed by atoms with Gasteiger partial charge in [0.2, 0.25) is 11.6 Å². The number of rotatable bonds is 4. The van der Waals surface area contributed by atoms with E-state index in [-0.39, 0.29) is 17.3 Å². The van der Waals surface area contributed by atoms with Crippen LogP contribution in [0, 0.1) is 17.0 Å². The Kier molecular flexibility index (Phi) is 4.56. The molecule has 0 unspecified atom stereocenters. The van der Waals surface area contributed by atoms with Crippen LogP contribution in [-0.2, 0) is 0 Å². The SMILES string of the molecule is Cc1cc(Br)c(Nc2ncnc(NN)c2[N+](=O)[O-])cc1Cl. The largest absolute Gasteiger partial charge is 0.354 e. The quantitative estimate of drug-likeness (QED) is 0.428. The third-order valence-electron chi connectivity index (χ3n) is 2.64. The minimum absolute atomic E-state index is 0.00331. The van der Waals surface area contributed by atoms with E-state index in [0.717, 1.165) is 11.9 Å². The summed E-state index contributed by atoms with van der Waals surface area (Å²) >= 11 is 9.41. The van der Waals surface area contributed by atoms with Crippen LogP contribution >= 0.6 is 27.5 Å². The van der Waals surface area contributed by atoms with Gasteiger partial charge in [0.25, 0.3) is 0 Å². The summed E-state index contributed by atoms with van der Waals surface area (Å²) < 4.78 is 0.694. The minimum Gasteiger partial charge on any atom is -0.333 e. The number of nitro groups is 1. The maximum atomic E-state index is 11.1. The van der Waals surface area contributed by atoms with E-state index in [1.54, 1.807) is 12.1 Å². The predicted octanol–water partition coefficient (Wildman–Crippen LogP) is 3.14. The number of nitrogen functional groups attached to an aromatic ring is 1. The molecule has 1 heterocycles. The predicted molar refractivity (Wildman–Crippen MR) is 83.7 cm³/mol. The van der Waals surface area contributed by atoms with Gasteiger partial charge in [0, 0.05) is 9.50 Å². The van der Waals surface area contributed by atoms with Gasteiger partial charge in [-0.1, -0.05) is 11.6 Å². The molecule has 0 amide bonds. The number of nitrogens with one attached hydrogen (secondary N) is 2. The van der Waals surface area contributed by atoms with Crippen LogP contribution in [0.2, 0.25) is 5.02 Å². The average Bonchev–Trinajstić information content (AvgIpc) is 2.44. The third-order valence-corrected chi connectivity index (χ3v) is 3.71. The number of hydrogen-bond acceptors (Lipinski definition) is 7. The van der Waals surface area contributed by atoms with Crippen LogP contribution in [0.1, 0.15) is 5.56 Å². The summed E-state index contributed by atoms with van der Waals surface area (Å²) in [6.07, 6.45) is 1.16. The summed E-state index contributed by atoms with van der Waals surface area (Å²) in [6.45, 7) is 1.85. The molecule has 1 aromatic carbocycles. The summed E-state index contributed by atoms with van der Waals surface area (Å²) in [4.78, 5) is 18.1. The van der Waals surface area contributed by atoms with Gasteiger partial charge in [-0.2, -0.15) is 0 Å². The normalized spacial score (nSPS) is 10.3. The highest BCUT2D eigenvalue weighted by atomic mass is 79.9. The molecule has 0 spiro atoms. The molecule has 0 aliphatic rings. The highest BCUT2D eigenvalue weighted by molar-refractivity contribution is 9.10. The Morgan fingerprint density at radius 2 is 2.05 bits per heavy atom. The molecule has 0 aliphatic carbocycles. The van der Waals surface area contributed by atoms with Crippen molar-refractivity contribution in [3.05, 3.63) is 43.6 Å². The molecule has 8 nitrogen and oxygen atoms in total. The first-order valence-corrected chi connectivity index (χ1v) is 6.79. The van der Waals surface area contributed by atoms with Crippen molar-refractivity contribution in [1.29, 1.82) is 0 Å². The molecule has 4 N–H and O–H groups in total. The van der Waals surface area contributed by atoms with Crippen molar-refractivity contribution in [3.8, 4) is 0 Å². The molecule has 10 heteroatoms. The first-order chi connectivity index (χ1) is 9.93. The van der Waals surface area contributed by atoms with Crippen LogP contribution in [0.15, 0.2) is 22.9 Å². The van der Waals surface area contributed by atoms with Gasteiger partial charge in [-0.3, -0.25) is 10.1 Å². The zero-order valence-corrected chi connectivity index (χ0v) is 13.1. The lowest BCUT2D eigenvalue weighted by molar-refractivity contribution is -0.383. The fourth-order valence-corrected chi connectivity index (χ4v) is 2.34. The monoisotopic (exact) mass is 372 g/mol. The molecule has 1 aromatic heterocycles. The Hall–Kier alpha value is -1.97. The molecule has 0 fully saturated rings. The highest BCUT2D eigenvalue weighted by Crippen LogP contribution is 2.35. The number of halogens is 2. The van der Waals surface area contributed by atoms with Crippen LogP contribution in [0.25, 0.3) is 0 Å². The Morgan fingerprint density at radius 1 is 1.38 bits per heavy atom. The van der Waals surface area contributed by atoms with Gasteiger partial charge >= 0.3 is 5.69 Å². The van der Waals surface area contributed by atoms with Crippen molar-refractivity contribution in [2.24, 2.45) is 5.84 Å². The number of nitrogens with two attached hydrogens (primary N) is 1. The van der Waals surface area contributed by atoms with Crippen LogP contribution < -0.4 is 16.6 Å². The van der Waals surface area contributed by atoms with Crippen molar-refractivity contribution >= 4 is 50.5 Å². The summed E-state index contributed by atoms with van der Waals surface area (Å²) in [5.74, 6) is 5.13. The lowest BCUT2D eigenvalue weighted by atomic mass is 10.2. The number of benzene rings is 1. The van der Waals surface area contributed by atoms with Gasteiger partial charge in [0.05, 0.1) is 10.6 Å². The molecule has 0 radical (unpaired) electrons. The summed E-state index contributed by atoms with van der Waals surface area (Å²) in [7, 11) is 0. The third kappa shape index (κ3) is 3.20. The molecule has 0 aliphatic heterocycles. The lowest BCUT2D eigenvalue weighted by Crippen LogP contribution is -2.12. The fraction of sp³-hybridized carbons (Fsp3) is 0.0909. The van der Waals surface area contributed by atoms with Crippen molar-refractivity contribution < 1.29 is 4.92 Å². The zero-order chi connectivity index (χ0) is 15.6. The molecular weight excluding hydrogens is 364 g/mol. The van der Waals surface area contributed by atoms with Gasteiger partial charge in [0.15, 0.2) is 0 Å². The summed E-state index contributed by atoms with van der Waals surface area (Å²) in [6, 6.07) is 3.43. The number of hydrogen-bond donors (Lipinski definition) is 3. The molecule has 2 rings (SSSR count). The molecule has 0 saturated carbocycles. The highest BCUT2D eigenvalue weighted by Gasteiger charge is 2.23.